The lowest BCUT2D eigenvalue weighted by Crippen LogP contribution is -2.21. The third-order valence-corrected chi connectivity index (χ3v) is 3.97. The molecule has 0 bridgehead atoms. The first-order valence-electron chi connectivity index (χ1n) is 6.53. The minimum Gasteiger partial charge on any atom is -0.383 e. The van der Waals surface area contributed by atoms with Gasteiger partial charge in [0, 0.05) is 38.1 Å². The van der Waals surface area contributed by atoms with E-state index >= 15 is 0 Å². The molecule has 1 aromatic carbocycles. The van der Waals surface area contributed by atoms with E-state index in [1.807, 2.05) is 18.2 Å². The van der Waals surface area contributed by atoms with E-state index in [1.54, 1.807) is 18.4 Å². The Morgan fingerprint density at radius 3 is 2.90 bits per heavy atom. The zero-order valence-corrected chi connectivity index (χ0v) is 13.0. The molecular weight excluding hydrogens is 294 g/mol. The van der Waals surface area contributed by atoms with Crippen LogP contribution in [0, 0.1) is 0 Å². The molecule has 0 aliphatic heterocycles. The summed E-state index contributed by atoms with van der Waals surface area (Å²) in [4.78, 5) is 0. The van der Waals surface area contributed by atoms with Crippen LogP contribution in [0.1, 0.15) is 15.6 Å². The number of benzene rings is 1. The van der Waals surface area contributed by atoms with Crippen LogP contribution in [0.2, 0.25) is 5.02 Å². The van der Waals surface area contributed by atoms with E-state index in [2.05, 4.69) is 21.6 Å². The Balaban J connectivity index is 1.80. The van der Waals surface area contributed by atoms with Crippen molar-refractivity contribution in [3.63, 3.8) is 0 Å². The van der Waals surface area contributed by atoms with Crippen molar-refractivity contribution < 1.29 is 4.74 Å². The highest BCUT2D eigenvalue weighted by atomic mass is 35.5. The molecule has 20 heavy (non-hydrogen) atoms. The second-order valence-electron chi connectivity index (χ2n) is 4.39. The Hall–Kier alpha value is -1.01. The van der Waals surface area contributed by atoms with Gasteiger partial charge >= 0.3 is 0 Å². The first-order chi connectivity index (χ1) is 9.78. The number of ether oxygens (including phenoxy) is 1. The van der Waals surface area contributed by atoms with Crippen LogP contribution in [0.4, 0.5) is 0 Å². The third-order valence-electron chi connectivity index (χ3n) is 2.75. The predicted molar refractivity (Wildman–Crippen MR) is 82.6 cm³/mol. The van der Waals surface area contributed by atoms with Gasteiger partial charge in [0.05, 0.1) is 6.61 Å². The summed E-state index contributed by atoms with van der Waals surface area (Å²) in [6.45, 7) is 2.50. The summed E-state index contributed by atoms with van der Waals surface area (Å²) >= 11 is 7.64. The molecule has 4 nitrogen and oxygen atoms in total. The lowest BCUT2D eigenvalue weighted by Gasteiger charge is -2.00. The molecule has 0 saturated heterocycles. The van der Waals surface area contributed by atoms with Crippen LogP contribution >= 0.6 is 22.9 Å². The monoisotopic (exact) mass is 311 g/mol. The average molecular weight is 312 g/mol. The van der Waals surface area contributed by atoms with E-state index in [0.717, 1.165) is 47.6 Å². The standard InChI is InChI=1S/C14H18ClN3OS/c1-19-8-7-16-6-5-13-17-18-14(20-13)10-11-3-2-4-12(15)9-11/h2-4,9,16H,5-8,10H2,1H3. The van der Waals surface area contributed by atoms with Gasteiger partial charge in [0.15, 0.2) is 0 Å². The molecule has 2 rings (SSSR count). The van der Waals surface area contributed by atoms with Crippen LogP contribution in [0.15, 0.2) is 24.3 Å². The minimum atomic E-state index is 0.732. The number of hydrogen-bond donors (Lipinski definition) is 1. The van der Waals surface area contributed by atoms with Crippen LogP contribution in [0.5, 0.6) is 0 Å². The molecule has 0 saturated carbocycles. The van der Waals surface area contributed by atoms with Crippen molar-refractivity contribution in [3.8, 4) is 0 Å². The summed E-state index contributed by atoms with van der Waals surface area (Å²) < 4.78 is 4.98. The second kappa shape index (κ2) is 8.32. The highest BCUT2D eigenvalue weighted by Crippen LogP contribution is 2.17. The molecule has 108 valence electrons. The second-order valence-corrected chi connectivity index (χ2v) is 5.97. The van der Waals surface area contributed by atoms with E-state index in [1.165, 1.54) is 5.56 Å². The van der Waals surface area contributed by atoms with Gasteiger partial charge in [0.25, 0.3) is 0 Å². The van der Waals surface area contributed by atoms with Crippen molar-refractivity contribution in [2.24, 2.45) is 0 Å². The van der Waals surface area contributed by atoms with Crippen molar-refractivity contribution in [1.82, 2.24) is 15.5 Å². The number of methoxy groups -OCH3 is 1. The smallest absolute Gasteiger partial charge is 0.121 e. The van der Waals surface area contributed by atoms with E-state index in [-0.39, 0.29) is 0 Å². The van der Waals surface area contributed by atoms with Gasteiger partial charge in [-0.25, -0.2) is 0 Å². The normalized spacial score (nSPS) is 10.9. The lowest BCUT2D eigenvalue weighted by molar-refractivity contribution is 0.199. The SMILES string of the molecule is COCCNCCc1nnc(Cc2cccc(Cl)c2)s1. The predicted octanol–water partition coefficient (Wildman–Crippen LogP) is 2.56. The Labute approximate surface area is 128 Å². The van der Waals surface area contributed by atoms with Crippen LogP contribution in [0.25, 0.3) is 0 Å². The van der Waals surface area contributed by atoms with E-state index in [4.69, 9.17) is 16.3 Å². The summed E-state index contributed by atoms with van der Waals surface area (Å²) in [6, 6.07) is 7.86. The lowest BCUT2D eigenvalue weighted by atomic mass is 10.2. The van der Waals surface area contributed by atoms with Crippen LogP contribution in [-0.2, 0) is 17.6 Å². The molecule has 0 fully saturated rings. The van der Waals surface area contributed by atoms with Crippen LogP contribution in [0.3, 0.4) is 0 Å². The highest BCUT2D eigenvalue weighted by Gasteiger charge is 2.05. The molecule has 0 spiro atoms. The molecule has 6 heteroatoms. The van der Waals surface area contributed by atoms with Crippen molar-refractivity contribution in [2.45, 2.75) is 12.8 Å². The number of rotatable bonds is 8. The number of halogens is 1. The zero-order valence-electron chi connectivity index (χ0n) is 11.4. The summed E-state index contributed by atoms with van der Waals surface area (Å²) in [6.07, 6.45) is 1.69. The van der Waals surface area contributed by atoms with Crippen molar-refractivity contribution >= 4 is 22.9 Å². The Kier molecular flexibility index (Phi) is 6.39. The fourth-order valence-electron chi connectivity index (χ4n) is 1.78. The van der Waals surface area contributed by atoms with Crippen molar-refractivity contribution in [1.29, 1.82) is 0 Å². The van der Waals surface area contributed by atoms with Gasteiger partial charge in [-0.3, -0.25) is 0 Å². The molecule has 1 N–H and O–H groups in total. The van der Waals surface area contributed by atoms with Crippen LogP contribution in [-0.4, -0.2) is 37.0 Å². The number of aromatic nitrogens is 2. The Morgan fingerprint density at radius 1 is 1.25 bits per heavy atom. The van der Waals surface area contributed by atoms with E-state index in [0.29, 0.717) is 0 Å². The van der Waals surface area contributed by atoms with Crippen LogP contribution < -0.4 is 5.32 Å². The van der Waals surface area contributed by atoms with Gasteiger partial charge in [-0.15, -0.1) is 21.5 Å². The molecule has 0 unspecified atom stereocenters. The molecule has 0 amide bonds. The molecular formula is C14H18ClN3OS. The maximum Gasteiger partial charge on any atom is 0.121 e. The molecule has 2 aromatic rings. The maximum atomic E-state index is 5.98. The third kappa shape index (κ3) is 5.17. The number of hydrogen-bond acceptors (Lipinski definition) is 5. The quantitative estimate of drug-likeness (QED) is 0.761. The fourth-order valence-corrected chi connectivity index (χ4v) is 2.87. The molecule has 1 aromatic heterocycles. The Morgan fingerprint density at radius 2 is 2.10 bits per heavy atom. The topological polar surface area (TPSA) is 47.0 Å². The molecule has 1 heterocycles. The van der Waals surface area contributed by atoms with Gasteiger partial charge in [0.2, 0.25) is 0 Å². The van der Waals surface area contributed by atoms with Gasteiger partial charge in [0.1, 0.15) is 10.0 Å². The summed E-state index contributed by atoms with van der Waals surface area (Å²) in [5, 5.41) is 14.6. The Bertz CT molecular complexity index is 533. The average Bonchev–Trinajstić information content (AvgIpc) is 2.86. The van der Waals surface area contributed by atoms with E-state index < -0.39 is 0 Å². The first kappa shape index (κ1) is 15.4. The molecule has 0 atom stereocenters. The van der Waals surface area contributed by atoms with E-state index in [9.17, 15) is 0 Å². The summed E-state index contributed by atoms with van der Waals surface area (Å²) in [5.74, 6) is 0. The molecule has 0 aliphatic carbocycles. The summed E-state index contributed by atoms with van der Waals surface area (Å²) in [7, 11) is 1.70. The van der Waals surface area contributed by atoms with Gasteiger partial charge in [-0.2, -0.15) is 0 Å². The van der Waals surface area contributed by atoms with Gasteiger partial charge in [-0.1, -0.05) is 23.7 Å². The maximum absolute atomic E-state index is 5.98. The first-order valence-corrected chi connectivity index (χ1v) is 7.72. The van der Waals surface area contributed by atoms with Crippen molar-refractivity contribution in [2.75, 3.05) is 26.8 Å². The molecule has 0 aliphatic rings. The number of nitrogens with zero attached hydrogens (tertiary/aromatic N) is 2. The fraction of sp³-hybridized carbons (Fsp3) is 0.429. The van der Waals surface area contributed by atoms with Crippen molar-refractivity contribution in [3.05, 3.63) is 44.9 Å². The zero-order chi connectivity index (χ0) is 14.2. The number of nitrogens with one attached hydrogen (secondary N) is 1. The summed E-state index contributed by atoms with van der Waals surface area (Å²) in [5.41, 5.74) is 1.17. The van der Waals surface area contributed by atoms with Gasteiger partial charge < -0.3 is 10.1 Å². The minimum absolute atomic E-state index is 0.732. The molecule has 0 radical (unpaired) electrons. The largest absolute Gasteiger partial charge is 0.383 e. The van der Waals surface area contributed by atoms with Gasteiger partial charge in [-0.05, 0) is 17.7 Å². The highest BCUT2D eigenvalue weighted by molar-refractivity contribution is 7.11.